The lowest BCUT2D eigenvalue weighted by molar-refractivity contribution is -0.147. The molecule has 1 N–H and O–H groups in total. The number of hydrogen-bond acceptors (Lipinski definition) is 3. The van der Waals surface area contributed by atoms with Gasteiger partial charge in [-0.3, -0.25) is 4.79 Å². The number of carbonyl (C=O) groups is 2. The molecule has 28 heavy (non-hydrogen) atoms. The van der Waals surface area contributed by atoms with Crippen molar-refractivity contribution < 1.29 is 31.9 Å². The predicted octanol–water partition coefficient (Wildman–Crippen LogP) is 5.11. The smallest absolute Gasteiger partial charge is 0.419 e. The topological polar surface area (TPSA) is 55.4 Å². The van der Waals surface area contributed by atoms with Crippen molar-refractivity contribution in [3.63, 3.8) is 0 Å². The lowest BCUT2D eigenvalue weighted by Crippen LogP contribution is -2.45. The van der Waals surface area contributed by atoms with E-state index < -0.39 is 35.5 Å². The molecule has 0 heterocycles. The van der Waals surface area contributed by atoms with Crippen LogP contribution in [0.5, 0.6) is 0 Å². The molecule has 1 unspecified atom stereocenters. The second-order valence-corrected chi connectivity index (χ2v) is 6.97. The van der Waals surface area contributed by atoms with E-state index in [0.717, 1.165) is 31.7 Å². The second kappa shape index (κ2) is 11.0. The number of benzene rings is 1. The summed E-state index contributed by atoms with van der Waals surface area (Å²) in [6.07, 6.45) is 0.0751. The van der Waals surface area contributed by atoms with Crippen molar-refractivity contribution in [1.29, 1.82) is 0 Å². The predicted molar refractivity (Wildman–Crippen MR) is 97.2 cm³/mol. The number of hydrogen-bond donors (Lipinski definition) is 1. The fourth-order valence-corrected chi connectivity index (χ4v) is 2.58. The first kappa shape index (κ1) is 23.9. The lowest BCUT2D eigenvalue weighted by Gasteiger charge is -2.21. The normalized spacial score (nSPS) is 12.7. The van der Waals surface area contributed by atoms with E-state index in [1.807, 2.05) is 0 Å². The maximum absolute atomic E-state index is 13.7. The van der Waals surface area contributed by atoms with E-state index in [9.17, 15) is 27.2 Å². The Kier molecular flexibility index (Phi) is 9.41. The number of halogens is 4. The van der Waals surface area contributed by atoms with Gasteiger partial charge in [-0.15, -0.1) is 0 Å². The molecule has 0 aliphatic rings. The average molecular weight is 405 g/mol. The van der Waals surface area contributed by atoms with Crippen molar-refractivity contribution in [2.75, 3.05) is 6.61 Å². The molecule has 0 radical (unpaired) electrons. The summed E-state index contributed by atoms with van der Waals surface area (Å²) in [6.45, 7) is 5.72. The van der Waals surface area contributed by atoms with Crippen molar-refractivity contribution in [1.82, 2.24) is 5.32 Å². The van der Waals surface area contributed by atoms with Gasteiger partial charge < -0.3 is 10.1 Å². The van der Waals surface area contributed by atoms with Crippen LogP contribution >= 0.6 is 0 Å². The van der Waals surface area contributed by atoms with Crippen molar-refractivity contribution in [2.24, 2.45) is 5.92 Å². The van der Waals surface area contributed by atoms with Gasteiger partial charge in [-0.05, 0) is 30.5 Å². The van der Waals surface area contributed by atoms with Crippen molar-refractivity contribution in [3.05, 3.63) is 35.1 Å². The molecule has 1 amide bonds. The van der Waals surface area contributed by atoms with Gasteiger partial charge in [-0.25, -0.2) is 9.18 Å². The zero-order valence-corrected chi connectivity index (χ0v) is 16.4. The summed E-state index contributed by atoms with van der Waals surface area (Å²) in [5.41, 5.74) is -1.75. The number of nitrogens with one attached hydrogen (secondary N) is 1. The summed E-state index contributed by atoms with van der Waals surface area (Å²) in [4.78, 5) is 24.5. The molecule has 1 aromatic rings. The first-order valence-electron chi connectivity index (χ1n) is 9.42. The van der Waals surface area contributed by atoms with Crippen LogP contribution < -0.4 is 5.32 Å². The van der Waals surface area contributed by atoms with Crippen LogP contribution in [-0.2, 0) is 15.7 Å². The highest BCUT2D eigenvalue weighted by atomic mass is 19.4. The number of ether oxygens (including phenoxy) is 1. The number of rotatable bonds is 10. The highest BCUT2D eigenvalue weighted by molar-refractivity contribution is 5.96. The van der Waals surface area contributed by atoms with E-state index in [1.54, 1.807) is 13.8 Å². The van der Waals surface area contributed by atoms with E-state index >= 15 is 0 Å². The molecule has 1 aromatic carbocycles. The van der Waals surface area contributed by atoms with E-state index in [4.69, 9.17) is 4.74 Å². The van der Waals surface area contributed by atoms with Gasteiger partial charge in [0.15, 0.2) is 0 Å². The first-order valence-corrected chi connectivity index (χ1v) is 9.42. The van der Waals surface area contributed by atoms with Gasteiger partial charge in [-0.2, -0.15) is 13.2 Å². The Balaban J connectivity index is 2.69. The molecule has 0 saturated carbocycles. The Labute approximate surface area is 162 Å². The SMILES string of the molecule is CCCCCCCOC(=O)C(NC(=O)c1ccc(C(F)(F)F)c(F)c1)C(C)C. The molecular formula is C20H27F4NO3. The van der Waals surface area contributed by atoms with Gasteiger partial charge in [0.25, 0.3) is 5.91 Å². The van der Waals surface area contributed by atoms with Gasteiger partial charge in [-0.1, -0.05) is 46.5 Å². The monoisotopic (exact) mass is 405 g/mol. The molecule has 0 fully saturated rings. The maximum atomic E-state index is 13.7. The van der Waals surface area contributed by atoms with Crippen LogP contribution in [0.4, 0.5) is 17.6 Å². The van der Waals surface area contributed by atoms with Crippen molar-refractivity contribution in [2.45, 2.75) is 65.1 Å². The molecule has 8 heteroatoms. The number of esters is 1. The molecule has 0 aliphatic heterocycles. The van der Waals surface area contributed by atoms with Gasteiger partial charge in [0.1, 0.15) is 11.9 Å². The molecule has 0 spiro atoms. The van der Waals surface area contributed by atoms with E-state index in [-0.39, 0.29) is 18.1 Å². The first-order chi connectivity index (χ1) is 13.1. The van der Waals surface area contributed by atoms with E-state index in [2.05, 4.69) is 12.2 Å². The van der Waals surface area contributed by atoms with Crippen LogP contribution in [0, 0.1) is 11.7 Å². The maximum Gasteiger partial charge on any atom is 0.419 e. The number of carbonyl (C=O) groups excluding carboxylic acids is 2. The summed E-state index contributed by atoms with van der Waals surface area (Å²) in [5.74, 6) is -3.32. The zero-order chi connectivity index (χ0) is 21.3. The molecule has 0 bridgehead atoms. The summed E-state index contributed by atoms with van der Waals surface area (Å²) >= 11 is 0. The Bertz CT molecular complexity index is 659. The van der Waals surface area contributed by atoms with Crippen molar-refractivity contribution >= 4 is 11.9 Å². The molecule has 4 nitrogen and oxygen atoms in total. The minimum atomic E-state index is -4.85. The highest BCUT2D eigenvalue weighted by Crippen LogP contribution is 2.31. The van der Waals surface area contributed by atoms with Gasteiger partial charge in [0.05, 0.1) is 12.2 Å². The van der Waals surface area contributed by atoms with Crippen LogP contribution in [0.2, 0.25) is 0 Å². The Morgan fingerprint density at radius 2 is 1.75 bits per heavy atom. The Hall–Kier alpha value is -2.12. The quantitative estimate of drug-likeness (QED) is 0.334. The molecule has 0 aromatic heterocycles. The van der Waals surface area contributed by atoms with Crippen molar-refractivity contribution in [3.8, 4) is 0 Å². The summed E-state index contributed by atoms with van der Waals surface area (Å²) in [5, 5.41) is 2.42. The second-order valence-electron chi connectivity index (χ2n) is 6.97. The van der Waals surface area contributed by atoms with Gasteiger partial charge in [0, 0.05) is 5.56 Å². The third kappa shape index (κ3) is 7.48. The van der Waals surface area contributed by atoms with Crippen LogP contribution in [-0.4, -0.2) is 24.5 Å². The third-order valence-electron chi connectivity index (χ3n) is 4.24. The van der Waals surface area contributed by atoms with Crippen LogP contribution in [0.3, 0.4) is 0 Å². The zero-order valence-electron chi connectivity index (χ0n) is 16.4. The molecule has 1 atom stereocenters. The standard InChI is InChI=1S/C20H27F4NO3/c1-4-5-6-7-8-11-28-19(27)17(13(2)3)25-18(26)14-9-10-15(16(21)12-14)20(22,23)24/h9-10,12-13,17H,4-8,11H2,1-3H3,(H,25,26). The van der Waals surface area contributed by atoms with Crippen LogP contribution in [0.15, 0.2) is 18.2 Å². The van der Waals surface area contributed by atoms with Crippen LogP contribution in [0.25, 0.3) is 0 Å². The molecular weight excluding hydrogens is 378 g/mol. The number of alkyl halides is 3. The number of unbranched alkanes of at least 4 members (excludes halogenated alkanes) is 4. The molecule has 0 saturated heterocycles. The fraction of sp³-hybridized carbons (Fsp3) is 0.600. The minimum absolute atomic E-state index is 0.233. The molecule has 158 valence electrons. The molecule has 0 aliphatic carbocycles. The largest absolute Gasteiger partial charge is 0.464 e. The van der Waals surface area contributed by atoms with E-state index in [1.165, 1.54) is 0 Å². The van der Waals surface area contributed by atoms with Crippen LogP contribution in [0.1, 0.15) is 68.8 Å². The van der Waals surface area contributed by atoms with E-state index in [0.29, 0.717) is 18.6 Å². The Morgan fingerprint density at radius 1 is 1.11 bits per heavy atom. The summed E-state index contributed by atoms with van der Waals surface area (Å²) in [7, 11) is 0. The minimum Gasteiger partial charge on any atom is -0.464 e. The summed E-state index contributed by atoms with van der Waals surface area (Å²) in [6, 6.07) is 0.906. The van der Waals surface area contributed by atoms with Gasteiger partial charge in [0.2, 0.25) is 0 Å². The van der Waals surface area contributed by atoms with Gasteiger partial charge >= 0.3 is 12.1 Å². The number of amides is 1. The highest BCUT2D eigenvalue weighted by Gasteiger charge is 2.34. The third-order valence-corrected chi connectivity index (χ3v) is 4.24. The summed E-state index contributed by atoms with van der Waals surface area (Å²) < 4.78 is 56.7. The Morgan fingerprint density at radius 3 is 2.29 bits per heavy atom. The molecule has 1 rings (SSSR count). The average Bonchev–Trinajstić information content (AvgIpc) is 2.60. The fourth-order valence-electron chi connectivity index (χ4n) is 2.58. The lowest BCUT2D eigenvalue weighted by atomic mass is 10.0.